The molecule has 0 aliphatic carbocycles. The van der Waals surface area contributed by atoms with Gasteiger partial charge in [-0.3, -0.25) is 0 Å². The quantitative estimate of drug-likeness (QED) is 0.422. The third-order valence-corrected chi connectivity index (χ3v) is 5.03. The summed E-state index contributed by atoms with van der Waals surface area (Å²) in [6.45, 7) is 4.38. The van der Waals surface area contributed by atoms with Crippen LogP contribution in [0.4, 0.5) is 0 Å². The Balaban J connectivity index is 1.94. The predicted octanol–water partition coefficient (Wildman–Crippen LogP) is 5.62. The minimum Gasteiger partial charge on any atom is -0.198 e. The Hall–Kier alpha value is -2.93. The Morgan fingerprint density at radius 2 is 1.40 bits per heavy atom. The lowest BCUT2D eigenvalue weighted by Crippen LogP contribution is -2.35. The second-order valence-electron chi connectivity index (χ2n) is 6.68. The van der Waals surface area contributed by atoms with Crippen LogP contribution in [0.2, 0.25) is 0 Å². The van der Waals surface area contributed by atoms with Gasteiger partial charge in [0.25, 0.3) is 0 Å². The molecule has 1 aromatic heterocycles. The van der Waals surface area contributed by atoms with Gasteiger partial charge in [0.05, 0.1) is 5.39 Å². The topological polar surface area (TPSA) is 3.88 Å². The van der Waals surface area contributed by atoms with E-state index in [1.54, 1.807) is 0 Å². The van der Waals surface area contributed by atoms with E-state index in [9.17, 15) is 0 Å². The van der Waals surface area contributed by atoms with Gasteiger partial charge in [-0.15, -0.1) is 0 Å². The molecular weight excluding hydrogens is 302 g/mol. The standard InChI is InChI=1S/C24H22N/c1-17-15-20(19-9-5-4-6-10-19)13-14-22(17)24-23-12-8-7-11-21(23)16-18(2)25(24)3/h4-16H,1-3H3/q+1. The molecule has 0 aliphatic rings. The number of aromatic nitrogens is 1. The molecule has 0 saturated carbocycles. The van der Waals surface area contributed by atoms with Crippen LogP contribution >= 0.6 is 0 Å². The Morgan fingerprint density at radius 3 is 2.16 bits per heavy atom. The van der Waals surface area contributed by atoms with Crippen molar-refractivity contribution in [3.8, 4) is 22.4 Å². The highest BCUT2D eigenvalue weighted by atomic mass is 14.9. The third kappa shape index (κ3) is 2.72. The van der Waals surface area contributed by atoms with E-state index in [0.717, 1.165) is 0 Å². The first-order chi connectivity index (χ1) is 12.1. The van der Waals surface area contributed by atoms with E-state index in [2.05, 4.69) is 104 Å². The van der Waals surface area contributed by atoms with E-state index in [1.807, 2.05) is 0 Å². The van der Waals surface area contributed by atoms with Gasteiger partial charge in [-0.25, -0.2) is 0 Å². The maximum absolute atomic E-state index is 2.30. The van der Waals surface area contributed by atoms with Crippen molar-refractivity contribution in [1.82, 2.24) is 0 Å². The summed E-state index contributed by atoms with van der Waals surface area (Å²) >= 11 is 0. The first kappa shape index (κ1) is 15.6. The maximum atomic E-state index is 2.30. The summed E-state index contributed by atoms with van der Waals surface area (Å²) in [6.07, 6.45) is 0. The molecule has 0 amide bonds. The molecule has 122 valence electrons. The van der Waals surface area contributed by atoms with E-state index >= 15 is 0 Å². The molecule has 1 heterocycles. The fourth-order valence-electron chi connectivity index (χ4n) is 3.58. The molecule has 1 heteroatoms. The zero-order valence-electron chi connectivity index (χ0n) is 15.0. The Kier molecular flexibility index (Phi) is 3.85. The highest BCUT2D eigenvalue weighted by Crippen LogP contribution is 2.31. The molecular formula is C24H22N+. The minimum atomic E-state index is 1.26. The number of nitrogens with zero attached hydrogens (tertiary/aromatic N) is 1. The highest BCUT2D eigenvalue weighted by Gasteiger charge is 2.19. The summed E-state index contributed by atoms with van der Waals surface area (Å²) in [5.74, 6) is 0. The van der Waals surface area contributed by atoms with Crippen LogP contribution < -0.4 is 4.57 Å². The van der Waals surface area contributed by atoms with Crippen LogP contribution in [0.5, 0.6) is 0 Å². The molecule has 0 unspecified atom stereocenters. The average molecular weight is 324 g/mol. The molecule has 3 aromatic carbocycles. The Labute approximate surface area is 149 Å². The smallest absolute Gasteiger partial charge is 0.198 e. The Bertz CT molecular complexity index is 1060. The number of fused-ring (bicyclic) bond motifs is 1. The van der Waals surface area contributed by atoms with Crippen molar-refractivity contribution >= 4 is 10.8 Å². The number of hydrogen-bond donors (Lipinski definition) is 0. The molecule has 1 nitrogen and oxygen atoms in total. The van der Waals surface area contributed by atoms with Crippen LogP contribution in [-0.2, 0) is 7.05 Å². The van der Waals surface area contributed by atoms with Gasteiger partial charge in [-0.2, -0.15) is 4.57 Å². The SMILES string of the molecule is Cc1cc(-c2ccccc2)ccc1-c1c2ccccc2cc(C)[n+]1C. The first-order valence-electron chi connectivity index (χ1n) is 8.70. The van der Waals surface area contributed by atoms with E-state index < -0.39 is 0 Å². The summed E-state index contributed by atoms with van der Waals surface area (Å²) in [4.78, 5) is 0. The summed E-state index contributed by atoms with van der Waals surface area (Å²) in [5.41, 5.74) is 7.67. The summed E-state index contributed by atoms with van der Waals surface area (Å²) in [5, 5.41) is 2.59. The van der Waals surface area contributed by atoms with E-state index in [0.29, 0.717) is 0 Å². The van der Waals surface area contributed by atoms with Crippen LogP contribution in [0, 0.1) is 13.8 Å². The zero-order chi connectivity index (χ0) is 17.4. The second kappa shape index (κ2) is 6.18. The average Bonchev–Trinajstić information content (AvgIpc) is 2.64. The van der Waals surface area contributed by atoms with Crippen LogP contribution in [-0.4, -0.2) is 0 Å². The normalized spacial score (nSPS) is 11.0. The predicted molar refractivity (Wildman–Crippen MR) is 105 cm³/mol. The van der Waals surface area contributed by atoms with Crippen molar-refractivity contribution in [2.75, 3.05) is 0 Å². The van der Waals surface area contributed by atoms with Crippen molar-refractivity contribution in [3.05, 3.63) is 90.1 Å². The fraction of sp³-hybridized carbons (Fsp3) is 0.125. The molecule has 0 atom stereocenters. The number of aryl methyl sites for hydroxylation is 2. The van der Waals surface area contributed by atoms with Gasteiger partial charge in [-0.1, -0.05) is 60.7 Å². The fourth-order valence-corrected chi connectivity index (χ4v) is 3.58. The lowest BCUT2D eigenvalue weighted by Gasteiger charge is -2.11. The van der Waals surface area contributed by atoms with Gasteiger partial charge in [0, 0.05) is 18.6 Å². The summed E-state index contributed by atoms with van der Waals surface area (Å²) in [6, 6.07) is 28.2. The maximum Gasteiger partial charge on any atom is 0.220 e. The molecule has 0 aliphatic heterocycles. The van der Waals surface area contributed by atoms with E-state index in [4.69, 9.17) is 0 Å². The van der Waals surface area contributed by atoms with Crippen LogP contribution in [0.3, 0.4) is 0 Å². The number of hydrogen-bond acceptors (Lipinski definition) is 0. The lowest BCUT2D eigenvalue weighted by molar-refractivity contribution is -0.665. The van der Waals surface area contributed by atoms with Crippen molar-refractivity contribution in [2.24, 2.45) is 7.05 Å². The number of pyridine rings is 1. The minimum absolute atomic E-state index is 1.26. The third-order valence-electron chi connectivity index (χ3n) is 5.03. The van der Waals surface area contributed by atoms with Crippen LogP contribution in [0.15, 0.2) is 78.9 Å². The number of benzene rings is 3. The first-order valence-corrected chi connectivity index (χ1v) is 8.70. The van der Waals surface area contributed by atoms with Crippen molar-refractivity contribution in [1.29, 1.82) is 0 Å². The van der Waals surface area contributed by atoms with Gasteiger partial charge in [0.2, 0.25) is 5.69 Å². The van der Waals surface area contributed by atoms with Crippen LogP contribution in [0.1, 0.15) is 11.3 Å². The zero-order valence-corrected chi connectivity index (χ0v) is 15.0. The van der Waals surface area contributed by atoms with Crippen molar-refractivity contribution in [3.63, 3.8) is 0 Å². The van der Waals surface area contributed by atoms with Crippen molar-refractivity contribution in [2.45, 2.75) is 13.8 Å². The molecule has 0 spiro atoms. The summed E-state index contributed by atoms with van der Waals surface area (Å²) < 4.78 is 2.30. The van der Waals surface area contributed by atoms with Gasteiger partial charge in [0.1, 0.15) is 7.05 Å². The second-order valence-corrected chi connectivity index (χ2v) is 6.68. The van der Waals surface area contributed by atoms with Gasteiger partial charge < -0.3 is 0 Å². The monoisotopic (exact) mass is 324 g/mol. The molecule has 0 saturated heterocycles. The number of rotatable bonds is 2. The van der Waals surface area contributed by atoms with Crippen LogP contribution in [0.25, 0.3) is 33.2 Å². The van der Waals surface area contributed by atoms with Gasteiger partial charge in [-0.05, 0) is 41.1 Å². The molecule has 0 fully saturated rings. The molecule has 25 heavy (non-hydrogen) atoms. The molecule has 0 bridgehead atoms. The highest BCUT2D eigenvalue weighted by molar-refractivity contribution is 5.94. The van der Waals surface area contributed by atoms with Gasteiger partial charge >= 0.3 is 0 Å². The largest absolute Gasteiger partial charge is 0.220 e. The molecule has 4 rings (SSSR count). The van der Waals surface area contributed by atoms with E-state index in [-0.39, 0.29) is 0 Å². The lowest BCUT2D eigenvalue weighted by atomic mass is 9.95. The molecule has 0 radical (unpaired) electrons. The summed E-state index contributed by atoms with van der Waals surface area (Å²) in [7, 11) is 2.15. The molecule has 0 N–H and O–H groups in total. The Morgan fingerprint density at radius 1 is 0.680 bits per heavy atom. The van der Waals surface area contributed by atoms with E-state index in [1.165, 1.54) is 44.4 Å². The van der Waals surface area contributed by atoms with Crippen molar-refractivity contribution < 1.29 is 4.57 Å². The van der Waals surface area contributed by atoms with Gasteiger partial charge in [0.15, 0.2) is 5.69 Å². The molecule has 4 aromatic rings.